The van der Waals surface area contributed by atoms with Gasteiger partial charge in [0.15, 0.2) is 0 Å². The van der Waals surface area contributed by atoms with Crippen molar-refractivity contribution in [3.05, 3.63) is 0 Å². The highest BCUT2D eigenvalue weighted by molar-refractivity contribution is 4.82. The molecule has 0 radical (unpaired) electrons. The van der Waals surface area contributed by atoms with Crippen molar-refractivity contribution in [2.45, 2.75) is 39.0 Å². The van der Waals surface area contributed by atoms with Crippen molar-refractivity contribution in [3.63, 3.8) is 0 Å². The molecular weight excluding hydrogens is 131 g/mol. The highest BCUT2D eigenvalue weighted by atomic mass is 19.1. The third kappa shape index (κ3) is 1.31. The van der Waals surface area contributed by atoms with Gasteiger partial charge >= 0.3 is 0 Å². The van der Waals surface area contributed by atoms with E-state index >= 15 is 0 Å². The first-order valence-corrected chi connectivity index (χ1v) is 3.95. The first-order valence-electron chi connectivity index (χ1n) is 3.95. The predicted molar refractivity (Wildman–Crippen MR) is 38.5 cm³/mol. The molecule has 0 spiro atoms. The second-order valence-corrected chi connectivity index (χ2v) is 3.42. The van der Waals surface area contributed by atoms with Crippen LogP contribution in [-0.4, -0.2) is 17.4 Å². The van der Waals surface area contributed by atoms with E-state index in [9.17, 15) is 9.50 Å². The van der Waals surface area contributed by atoms with E-state index in [0.717, 1.165) is 6.42 Å². The van der Waals surface area contributed by atoms with Crippen molar-refractivity contribution in [3.8, 4) is 0 Å². The summed E-state index contributed by atoms with van der Waals surface area (Å²) in [5, 5.41) is 9.24. The first-order chi connectivity index (χ1) is 4.63. The predicted octanol–water partition coefficient (Wildman–Crippen LogP) is 1.75. The van der Waals surface area contributed by atoms with Crippen LogP contribution in [0.1, 0.15) is 26.7 Å². The molecule has 1 saturated carbocycles. The summed E-state index contributed by atoms with van der Waals surface area (Å²) in [5.74, 6) is 0.603. The minimum atomic E-state index is -0.980. The molecule has 1 fully saturated rings. The number of hydrogen-bond acceptors (Lipinski definition) is 1. The highest BCUT2D eigenvalue weighted by Crippen LogP contribution is 2.31. The fourth-order valence-electron chi connectivity index (χ4n) is 1.52. The molecule has 10 heavy (non-hydrogen) atoms. The summed E-state index contributed by atoms with van der Waals surface area (Å²) in [7, 11) is 0. The molecule has 0 aromatic rings. The van der Waals surface area contributed by atoms with Gasteiger partial charge in [-0.1, -0.05) is 13.8 Å². The quantitative estimate of drug-likeness (QED) is 0.552. The van der Waals surface area contributed by atoms with Gasteiger partial charge in [0.2, 0.25) is 0 Å². The average molecular weight is 146 g/mol. The van der Waals surface area contributed by atoms with Crippen molar-refractivity contribution in [1.82, 2.24) is 0 Å². The molecule has 0 heterocycles. The number of aliphatic hydroxyl groups is 1. The molecule has 1 rings (SSSR count). The maximum Gasteiger partial charge on any atom is 0.126 e. The second-order valence-electron chi connectivity index (χ2n) is 3.42. The van der Waals surface area contributed by atoms with Crippen LogP contribution in [0.25, 0.3) is 0 Å². The smallest absolute Gasteiger partial charge is 0.126 e. The van der Waals surface area contributed by atoms with Crippen LogP contribution in [0.4, 0.5) is 4.39 Å². The Morgan fingerprint density at radius 2 is 1.90 bits per heavy atom. The normalized spacial score (nSPS) is 49.2. The van der Waals surface area contributed by atoms with Gasteiger partial charge in [-0.2, -0.15) is 0 Å². The Kier molecular flexibility index (Phi) is 2.29. The van der Waals surface area contributed by atoms with Crippen LogP contribution in [0.2, 0.25) is 0 Å². The molecule has 1 aliphatic rings. The summed E-state index contributed by atoms with van der Waals surface area (Å²) in [5.41, 5.74) is 0. The molecule has 0 aromatic carbocycles. The van der Waals surface area contributed by atoms with Crippen LogP contribution in [0.15, 0.2) is 0 Å². The molecule has 60 valence electrons. The van der Waals surface area contributed by atoms with E-state index in [1.54, 1.807) is 0 Å². The van der Waals surface area contributed by atoms with Gasteiger partial charge in [-0.15, -0.1) is 0 Å². The molecule has 0 unspecified atom stereocenters. The van der Waals surface area contributed by atoms with Gasteiger partial charge in [0.25, 0.3) is 0 Å². The van der Waals surface area contributed by atoms with Crippen molar-refractivity contribution in [2.24, 2.45) is 11.8 Å². The molecular formula is C8H15FO. The monoisotopic (exact) mass is 146 g/mol. The number of alkyl halides is 1. The van der Waals surface area contributed by atoms with Crippen LogP contribution < -0.4 is 0 Å². The fraction of sp³-hybridized carbons (Fsp3) is 1.00. The molecule has 0 bridgehead atoms. The molecule has 0 amide bonds. The lowest BCUT2D eigenvalue weighted by Crippen LogP contribution is -2.37. The van der Waals surface area contributed by atoms with Crippen LogP contribution >= 0.6 is 0 Å². The topological polar surface area (TPSA) is 20.2 Å². The Hall–Kier alpha value is -0.110. The van der Waals surface area contributed by atoms with E-state index in [0.29, 0.717) is 12.3 Å². The van der Waals surface area contributed by atoms with Crippen LogP contribution in [0.5, 0.6) is 0 Å². The van der Waals surface area contributed by atoms with Gasteiger partial charge in [-0.3, -0.25) is 0 Å². The number of hydrogen-bond donors (Lipinski definition) is 1. The summed E-state index contributed by atoms with van der Waals surface area (Å²) >= 11 is 0. The highest BCUT2D eigenvalue weighted by Gasteiger charge is 2.33. The van der Waals surface area contributed by atoms with Crippen LogP contribution in [0, 0.1) is 11.8 Å². The molecule has 1 aliphatic carbocycles. The van der Waals surface area contributed by atoms with Gasteiger partial charge in [0, 0.05) is 0 Å². The Morgan fingerprint density at radius 3 is 2.40 bits per heavy atom. The Morgan fingerprint density at radius 1 is 1.30 bits per heavy atom. The average Bonchev–Trinajstić information content (AvgIpc) is 1.93. The lowest BCUT2D eigenvalue weighted by molar-refractivity contribution is -0.0180. The zero-order chi connectivity index (χ0) is 7.72. The van der Waals surface area contributed by atoms with E-state index in [-0.39, 0.29) is 5.92 Å². The van der Waals surface area contributed by atoms with Gasteiger partial charge < -0.3 is 5.11 Å². The van der Waals surface area contributed by atoms with Crippen LogP contribution in [0.3, 0.4) is 0 Å². The van der Waals surface area contributed by atoms with Crippen molar-refractivity contribution in [1.29, 1.82) is 0 Å². The maximum absolute atomic E-state index is 12.8. The van der Waals surface area contributed by atoms with Crippen molar-refractivity contribution < 1.29 is 9.50 Å². The zero-order valence-electron chi connectivity index (χ0n) is 6.55. The summed E-state index contributed by atoms with van der Waals surface area (Å²) in [6, 6.07) is 0. The third-order valence-corrected chi connectivity index (χ3v) is 2.70. The van der Waals surface area contributed by atoms with Gasteiger partial charge in [0.1, 0.15) is 6.17 Å². The number of rotatable bonds is 0. The van der Waals surface area contributed by atoms with E-state index < -0.39 is 12.3 Å². The molecule has 1 nitrogen and oxygen atoms in total. The van der Waals surface area contributed by atoms with Crippen LogP contribution in [-0.2, 0) is 0 Å². The minimum Gasteiger partial charge on any atom is -0.390 e. The minimum absolute atomic E-state index is 0.128. The Labute approximate surface area is 61.2 Å². The molecule has 0 aromatic heterocycles. The molecule has 1 N–H and O–H groups in total. The van der Waals surface area contributed by atoms with Crippen molar-refractivity contribution in [2.75, 3.05) is 0 Å². The van der Waals surface area contributed by atoms with E-state index in [4.69, 9.17) is 0 Å². The number of halogens is 1. The first kappa shape index (κ1) is 7.99. The summed E-state index contributed by atoms with van der Waals surface area (Å²) in [6.45, 7) is 3.99. The summed E-state index contributed by atoms with van der Waals surface area (Å²) in [6.07, 6.45) is -0.249. The second kappa shape index (κ2) is 2.87. The van der Waals surface area contributed by atoms with Crippen molar-refractivity contribution >= 4 is 0 Å². The lowest BCUT2D eigenvalue weighted by atomic mass is 9.79. The molecule has 0 aliphatic heterocycles. The van der Waals surface area contributed by atoms with E-state index in [1.165, 1.54) is 0 Å². The molecule has 2 heteroatoms. The standard InChI is InChI=1S/C8H15FO/c1-5-3-4-7(9)8(10)6(5)2/h5-8,10H,3-4H2,1-2H3/t5-,6+,7+,8+/m1/s1. The lowest BCUT2D eigenvalue weighted by Gasteiger charge is -2.32. The van der Waals surface area contributed by atoms with Gasteiger partial charge in [0.05, 0.1) is 6.10 Å². The largest absolute Gasteiger partial charge is 0.390 e. The summed E-state index contributed by atoms with van der Waals surface area (Å²) < 4.78 is 12.8. The SMILES string of the molecule is C[C@@H]1[C@H](O)[C@@H](F)CC[C@H]1C. The summed E-state index contributed by atoms with van der Waals surface area (Å²) in [4.78, 5) is 0. The third-order valence-electron chi connectivity index (χ3n) is 2.70. The van der Waals surface area contributed by atoms with E-state index in [1.807, 2.05) is 6.92 Å². The fourth-order valence-corrected chi connectivity index (χ4v) is 1.52. The Balaban J connectivity index is 2.52. The Bertz CT molecular complexity index is 102. The van der Waals surface area contributed by atoms with E-state index in [2.05, 4.69) is 6.92 Å². The van der Waals surface area contributed by atoms with Gasteiger partial charge in [-0.25, -0.2) is 4.39 Å². The van der Waals surface area contributed by atoms with Gasteiger partial charge in [-0.05, 0) is 24.7 Å². The number of aliphatic hydroxyl groups excluding tert-OH is 1. The maximum atomic E-state index is 12.8. The molecule has 0 saturated heterocycles. The molecule has 4 atom stereocenters. The zero-order valence-corrected chi connectivity index (χ0v) is 6.55.